The minimum atomic E-state index is -0.676. The molecule has 0 fully saturated rings. The van der Waals surface area contributed by atoms with E-state index in [1.54, 1.807) is 12.1 Å². The van der Waals surface area contributed by atoms with E-state index in [0.29, 0.717) is 18.5 Å². The Morgan fingerprint density at radius 3 is 2.89 bits per heavy atom. The monoisotopic (exact) mass is 274 g/mol. The van der Waals surface area contributed by atoms with Crippen LogP contribution < -0.4 is 11.1 Å². The van der Waals surface area contributed by atoms with Crippen LogP contribution in [0.5, 0.6) is 0 Å². The normalized spacial score (nSPS) is 12.4. The summed E-state index contributed by atoms with van der Waals surface area (Å²) < 4.78 is 13.7. The molecular weight excluding hydrogens is 259 g/mol. The van der Waals surface area contributed by atoms with Crippen LogP contribution in [0.4, 0.5) is 4.39 Å². The van der Waals surface area contributed by atoms with Crippen LogP contribution in [0.3, 0.4) is 0 Å². The Bertz CT molecular complexity index is 415. The van der Waals surface area contributed by atoms with Crippen molar-refractivity contribution in [1.82, 2.24) is 5.32 Å². The molecule has 0 saturated carbocycles. The number of halogens is 2. The lowest BCUT2D eigenvalue weighted by molar-refractivity contribution is -0.120. The Kier molecular flexibility index (Phi) is 6.04. The lowest BCUT2D eigenvalue weighted by Crippen LogP contribution is -2.43. The summed E-state index contributed by atoms with van der Waals surface area (Å²) in [6.45, 7) is 0.455. The Morgan fingerprint density at radius 1 is 1.56 bits per heavy atom. The minimum Gasteiger partial charge on any atom is -0.396 e. The molecule has 1 unspecified atom stereocenters. The first-order chi connectivity index (χ1) is 8.56. The van der Waals surface area contributed by atoms with Crippen LogP contribution in [0.15, 0.2) is 18.2 Å². The number of hydrogen-bond donors (Lipinski definition) is 3. The summed E-state index contributed by atoms with van der Waals surface area (Å²) in [5, 5.41) is 11.5. The van der Waals surface area contributed by atoms with Gasteiger partial charge < -0.3 is 16.2 Å². The zero-order valence-electron chi connectivity index (χ0n) is 9.83. The lowest BCUT2D eigenvalue weighted by Gasteiger charge is -2.15. The molecule has 4 N–H and O–H groups in total. The van der Waals surface area contributed by atoms with E-state index in [1.165, 1.54) is 6.07 Å². The fourth-order valence-electron chi connectivity index (χ4n) is 1.55. The van der Waals surface area contributed by atoms with Crippen LogP contribution in [-0.2, 0) is 11.2 Å². The summed E-state index contributed by atoms with van der Waals surface area (Å²) in [6, 6.07) is 3.94. The van der Waals surface area contributed by atoms with Gasteiger partial charge in [0.25, 0.3) is 0 Å². The number of carbonyl (C=O) groups is 1. The molecule has 4 nitrogen and oxygen atoms in total. The molecule has 0 aliphatic heterocycles. The summed E-state index contributed by atoms with van der Waals surface area (Å²) in [5.41, 5.74) is 5.57. The van der Waals surface area contributed by atoms with Gasteiger partial charge in [-0.1, -0.05) is 23.7 Å². The average Bonchev–Trinajstić information content (AvgIpc) is 2.33. The third-order valence-electron chi connectivity index (χ3n) is 2.52. The van der Waals surface area contributed by atoms with Gasteiger partial charge in [-0.15, -0.1) is 0 Å². The first-order valence-corrected chi connectivity index (χ1v) is 6.00. The van der Waals surface area contributed by atoms with Crippen molar-refractivity contribution in [3.63, 3.8) is 0 Å². The Hall–Kier alpha value is -1.17. The van der Waals surface area contributed by atoms with Gasteiger partial charge in [0, 0.05) is 6.61 Å². The van der Waals surface area contributed by atoms with E-state index in [-0.39, 0.29) is 18.1 Å². The predicted molar refractivity (Wildman–Crippen MR) is 67.8 cm³/mol. The molecule has 0 aliphatic rings. The number of aliphatic hydroxyl groups is 1. The van der Waals surface area contributed by atoms with Crippen molar-refractivity contribution in [1.29, 1.82) is 0 Å². The average molecular weight is 275 g/mol. The molecule has 0 spiro atoms. The molecule has 1 amide bonds. The number of benzene rings is 1. The molecule has 1 rings (SSSR count). The predicted octanol–water partition coefficient (Wildman–Crippen LogP) is 0.847. The fraction of sp³-hybridized carbons (Fsp3) is 0.417. The summed E-state index contributed by atoms with van der Waals surface area (Å²) in [6.07, 6.45) is 0.634. The second-order valence-electron chi connectivity index (χ2n) is 3.90. The van der Waals surface area contributed by atoms with Crippen LogP contribution in [0.25, 0.3) is 0 Å². The van der Waals surface area contributed by atoms with Crippen molar-refractivity contribution in [3.05, 3.63) is 34.6 Å². The molecule has 1 aromatic carbocycles. The Morgan fingerprint density at radius 2 is 2.28 bits per heavy atom. The molecule has 0 heterocycles. The van der Waals surface area contributed by atoms with Gasteiger partial charge in [-0.3, -0.25) is 4.79 Å². The van der Waals surface area contributed by atoms with Crippen LogP contribution in [0, 0.1) is 5.82 Å². The quantitative estimate of drug-likeness (QED) is 0.645. The van der Waals surface area contributed by atoms with Gasteiger partial charge in [-0.25, -0.2) is 4.39 Å². The fourth-order valence-corrected chi connectivity index (χ4v) is 1.75. The molecule has 0 bridgehead atoms. The Labute approximate surface area is 110 Å². The summed E-state index contributed by atoms with van der Waals surface area (Å²) in [7, 11) is 0. The highest BCUT2D eigenvalue weighted by atomic mass is 35.5. The molecule has 0 radical (unpaired) electrons. The van der Waals surface area contributed by atoms with Crippen LogP contribution in [0.1, 0.15) is 12.0 Å². The topological polar surface area (TPSA) is 75.4 Å². The summed E-state index contributed by atoms with van der Waals surface area (Å²) in [4.78, 5) is 11.2. The highest BCUT2D eigenvalue weighted by molar-refractivity contribution is 6.30. The van der Waals surface area contributed by atoms with Crippen molar-refractivity contribution >= 4 is 17.5 Å². The summed E-state index contributed by atoms with van der Waals surface area (Å²) >= 11 is 5.66. The maximum absolute atomic E-state index is 13.7. The third-order valence-corrected chi connectivity index (χ3v) is 2.82. The van der Waals surface area contributed by atoms with E-state index < -0.39 is 17.8 Å². The van der Waals surface area contributed by atoms with Crippen molar-refractivity contribution in [2.75, 3.05) is 13.2 Å². The number of amides is 1. The van der Waals surface area contributed by atoms with Crippen LogP contribution >= 0.6 is 11.6 Å². The smallest absolute Gasteiger partial charge is 0.234 e. The zero-order chi connectivity index (χ0) is 13.5. The van der Waals surface area contributed by atoms with Crippen molar-refractivity contribution < 1.29 is 14.3 Å². The number of carbonyl (C=O) groups excluding carboxylic acids is 1. The van der Waals surface area contributed by atoms with Gasteiger partial charge >= 0.3 is 0 Å². The number of hydrogen-bond acceptors (Lipinski definition) is 3. The standard InChI is InChI=1S/C12H16ClFN2O2/c13-9-4-1-3-8(11(9)14)7-10(12(15)18)16-5-2-6-17/h1,3-4,10,16-17H,2,5-7H2,(H2,15,18). The maximum atomic E-state index is 13.7. The number of nitrogens with two attached hydrogens (primary N) is 1. The SMILES string of the molecule is NC(=O)C(Cc1cccc(Cl)c1F)NCCCO. The van der Waals surface area contributed by atoms with Gasteiger partial charge in [0.15, 0.2) is 0 Å². The van der Waals surface area contributed by atoms with Gasteiger partial charge in [0.05, 0.1) is 11.1 Å². The molecule has 6 heteroatoms. The van der Waals surface area contributed by atoms with E-state index in [0.717, 1.165) is 0 Å². The van der Waals surface area contributed by atoms with Crippen molar-refractivity contribution in [2.24, 2.45) is 5.73 Å². The van der Waals surface area contributed by atoms with Gasteiger partial charge in [0.1, 0.15) is 5.82 Å². The van der Waals surface area contributed by atoms with E-state index >= 15 is 0 Å². The number of rotatable bonds is 7. The van der Waals surface area contributed by atoms with E-state index in [2.05, 4.69) is 5.32 Å². The highest BCUT2D eigenvalue weighted by Crippen LogP contribution is 2.19. The van der Waals surface area contributed by atoms with E-state index in [1.807, 2.05) is 0 Å². The molecule has 0 aliphatic carbocycles. The van der Waals surface area contributed by atoms with E-state index in [9.17, 15) is 9.18 Å². The third kappa shape index (κ3) is 4.25. The summed E-state index contributed by atoms with van der Waals surface area (Å²) in [5.74, 6) is -1.10. The largest absolute Gasteiger partial charge is 0.396 e. The number of nitrogens with one attached hydrogen (secondary N) is 1. The maximum Gasteiger partial charge on any atom is 0.234 e. The number of primary amides is 1. The van der Waals surface area contributed by atoms with Crippen LogP contribution in [-0.4, -0.2) is 30.2 Å². The van der Waals surface area contributed by atoms with Gasteiger partial charge in [-0.2, -0.15) is 0 Å². The molecule has 18 heavy (non-hydrogen) atoms. The molecule has 100 valence electrons. The van der Waals surface area contributed by atoms with E-state index in [4.69, 9.17) is 22.4 Å². The first kappa shape index (κ1) is 14.9. The van der Waals surface area contributed by atoms with Crippen LogP contribution in [0.2, 0.25) is 5.02 Å². The lowest BCUT2D eigenvalue weighted by atomic mass is 10.0. The van der Waals surface area contributed by atoms with Gasteiger partial charge in [-0.05, 0) is 31.0 Å². The molecule has 0 saturated heterocycles. The van der Waals surface area contributed by atoms with Gasteiger partial charge in [0.2, 0.25) is 5.91 Å². The second kappa shape index (κ2) is 7.31. The minimum absolute atomic E-state index is 0.0179. The van der Waals surface area contributed by atoms with Crippen molar-refractivity contribution in [3.8, 4) is 0 Å². The molecule has 1 atom stereocenters. The van der Waals surface area contributed by atoms with Crippen molar-refractivity contribution in [2.45, 2.75) is 18.9 Å². The number of aliphatic hydroxyl groups excluding tert-OH is 1. The first-order valence-electron chi connectivity index (χ1n) is 5.62. The molecule has 0 aromatic heterocycles. The Balaban J connectivity index is 2.71. The molecule has 1 aromatic rings. The zero-order valence-corrected chi connectivity index (χ0v) is 10.6. The highest BCUT2D eigenvalue weighted by Gasteiger charge is 2.17. The molecular formula is C12H16ClFN2O2. The second-order valence-corrected chi connectivity index (χ2v) is 4.31.